The first kappa shape index (κ1) is 22.0. The molecule has 0 bridgehead atoms. The van der Waals surface area contributed by atoms with E-state index in [1.807, 2.05) is 67.2 Å². The molecule has 2 atom stereocenters. The zero-order valence-electron chi connectivity index (χ0n) is 19.2. The lowest BCUT2D eigenvalue weighted by Gasteiger charge is -2.36. The van der Waals surface area contributed by atoms with Crippen LogP contribution in [0.3, 0.4) is 0 Å². The minimum atomic E-state index is -0.0243. The highest BCUT2D eigenvalue weighted by Crippen LogP contribution is 2.20. The Hall–Kier alpha value is -3.19. The van der Waals surface area contributed by atoms with Gasteiger partial charge in [-0.2, -0.15) is 5.10 Å². The van der Waals surface area contributed by atoms with E-state index in [9.17, 15) is 4.79 Å². The van der Waals surface area contributed by atoms with Gasteiger partial charge in [0.05, 0.1) is 30.0 Å². The van der Waals surface area contributed by atoms with E-state index in [4.69, 9.17) is 4.74 Å². The van der Waals surface area contributed by atoms with Gasteiger partial charge in [-0.05, 0) is 51.5 Å². The minimum Gasteiger partial charge on any atom is -0.372 e. The van der Waals surface area contributed by atoms with Gasteiger partial charge in [0.2, 0.25) is 5.91 Å². The first-order valence-electron chi connectivity index (χ1n) is 11.1. The van der Waals surface area contributed by atoms with Crippen molar-refractivity contribution in [3.8, 4) is 5.69 Å². The lowest BCUT2D eigenvalue weighted by molar-refractivity contribution is -0.120. The number of pyridine rings is 1. The number of aromatic nitrogens is 3. The second-order valence-corrected chi connectivity index (χ2v) is 8.54. The van der Waals surface area contributed by atoms with Crippen molar-refractivity contribution in [2.75, 3.05) is 18.0 Å². The summed E-state index contributed by atoms with van der Waals surface area (Å²) in [4.78, 5) is 19.5. The third-order valence-corrected chi connectivity index (χ3v) is 5.82. The molecule has 0 spiro atoms. The van der Waals surface area contributed by atoms with Crippen LogP contribution >= 0.6 is 0 Å². The van der Waals surface area contributed by atoms with Crippen LogP contribution in [0.1, 0.15) is 36.4 Å². The number of morpholine rings is 1. The molecule has 1 saturated heterocycles. The molecule has 3 heterocycles. The van der Waals surface area contributed by atoms with Crippen molar-refractivity contribution < 1.29 is 9.53 Å². The molecule has 1 amide bonds. The maximum absolute atomic E-state index is 12.6. The quantitative estimate of drug-likeness (QED) is 0.645. The Morgan fingerprint density at radius 3 is 2.47 bits per heavy atom. The molecule has 2 aromatic heterocycles. The number of hydrogen-bond donors (Lipinski definition) is 1. The second kappa shape index (κ2) is 9.53. The smallest absolute Gasteiger partial charge is 0.224 e. The van der Waals surface area contributed by atoms with Crippen molar-refractivity contribution in [2.45, 2.75) is 52.9 Å². The van der Waals surface area contributed by atoms with Crippen LogP contribution < -0.4 is 10.2 Å². The number of anilines is 1. The van der Waals surface area contributed by atoms with Crippen LogP contribution in [0.5, 0.6) is 0 Å². The molecule has 0 aliphatic carbocycles. The Balaban J connectivity index is 1.35. The number of nitrogens with zero attached hydrogens (tertiary/aromatic N) is 4. The summed E-state index contributed by atoms with van der Waals surface area (Å²) in [6.45, 7) is 10.2. The third-order valence-electron chi connectivity index (χ3n) is 5.82. The molecule has 7 nitrogen and oxygen atoms in total. The first-order valence-corrected chi connectivity index (χ1v) is 11.1. The van der Waals surface area contributed by atoms with Gasteiger partial charge in [-0.1, -0.05) is 24.3 Å². The fourth-order valence-corrected chi connectivity index (χ4v) is 4.25. The summed E-state index contributed by atoms with van der Waals surface area (Å²) in [5.41, 5.74) is 4.81. The highest BCUT2D eigenvalue weighted by molar-refractivity contribution is 5.79. The van der Waals surface area contributed by atoms with E-state index < -0.39 is 0 Å². The van der Waals surface area contributed by atoms with Gasteiger partial charge in [0.25, 0.3) is 0 Å². The fourth-order valence-electron chi connectivity index (χ4n) is 4.25. The molecule has 168 valence electrons. The monoisotopic (exact) mass is 433 g/mol. The van der Waals surface area contributed by atoms with Crippen molar-refractivity contribution in [3.05, 3.63) is 71.2 Å². The molecule has 0 saturated carbocycles. The lowest BCUT2D eigenvalue weighted by atomic mass is 10.1. The Bertz CT molecular complexity index is 1050. The zero-order valence-corrected chi connectivity index (χ0v) is 19.2. The number of rotatable bonds is 6. The molecule has 1 aliphatic rings. The number of para-hydroxylation sites is 1. The van der Waals surface area contributed by atoms with E-state index in [-0.39, 0.29) is 18.1 Å². The fraction of sp³-hybridized carbons (Fsp3) is 0.400. The van der Waals surface area contributed by atoms with Gasteiger partial charge < -0.3 is 15.0 Å². The van der Waals surface area contributed by atoms with Gasteiger partial charge in [0, 0.05) is 37.1 Å². The molecular weight excluding hydrogens is 402 g/mol. The number of benzene rings is 1. The first-order chi connectivity index (χ1) is 15.4. The molecule has 1 aliphatic heterocycles. The highest BCUT2D eigenvalue weighted by Gasteiger charge is 2.23. The summed E-state index contributed by atoms with van der Waals surface area (Å²) < 4.78 is 7.69. The van der Waals surface area contributed by atoms with Crippen molar-refractivity contribution in [3.63, 3.8) is 0 Å². The van der Waals surface area contributed by atoms with Crippen molar-refractivity contribution in [2.24, 2.45) is 0 Å². The number of amides is 1. The summed E-state index contributed by atoms with van der Waals surface area (Å²) in [7, 11) is 0. The zero-order chi connectivity index (χ0) is 22.7. The summed E-state index contributed by atoms with van der Waals surface area (Å²) in [5, 5.41) is 7.64. The Labute approximate surface area is 189 Å². The number of hydrogen-bond acceptors (Lipinski definition) is 5. The SMILES string of the molecule is Cc1nn(-c2ccccc2)c(C)c1CC(=O)NCc1ccc(N2CC(C)OC(C)C2)nc1. The Kier molecular flexibility index (Phi) is 6.55. The minimum absolute atomic E-state index is 0.0243. The van der Waals surface area contributed by atoms with Gasteiger partial charge in [-0.3, -0.25) is 4.79 Å². The molecule has 4 rings (SSSR count). The van der Waals surface area contributed by atoms with E-state index in [2.05, 4.69) is 34.1 Å². The maximum atomic E-state index is 12.6. The Morgan fingerprint density at radius 1 is 1.09 bits per heavy atom. The number of carbonyl (C=O) groups is 1. The van der Waals surface area contributed by atoms with Crippen LogP contribution in [0.4, 0.5) is 5.82 Å². The molecule has 1 aromatic carbocycles. The summed E-state index contributed by atoms with van der Waals surface area (Å²) in [6.07, 6.45) is 2.53. The summed E-state index contributed by atoms with van der Waals surface area (Å²) >= 11 is 0. The number of aryl methyl sites for hydroxylation is 1. The number of ether oxygens (including phenoxy) is 1. The van der Waals surface area contributed by atoms with Gasteiger partial charge in [-0.25, -0.2) is 9.67 Å². The van der Waals surface area contributed by atoms with Crippen molar-refractivity contribution in [1.29, 1.82) is 0 Å². The molecule has 1 N–H and O–H groups in total. The van der Waals surface area contributed by atoms with E-state index in [0.29, 0.717) is 13.0 Å². The number of nitrogens with one attached hydrogen (secondary N) is 1. The standard InChI is InChI=1S/C25H31N5O2/c1-17-15-29(16-18(2)32-17)24-11-10-21(13-26-24)14-27-25(31)12-23-19(3)28-30(20(23)4)22-8-6-5-7-9-22/h5-11,13,17-18H,12,14-16H2,1-4H3,(H,27,31). The van der Waals surface area contributed by atoms with Crippen LogP contribution in [-0.2, 0) is 22.5 Å². The third kappa shape index (κ3) is 4.99. The van der Waals surface area contributed by atoms with Crippen LogP contribution in [0, 0.1) is 13.8 Å². The van der Waals surface area contributed by atoms with Crippen molar-refractivity contribution in [1.82, 2.24) is 20.1 Å². The maximum Gasteiger partial charge on any atom is 0.224 e. The highest BCUT2D eigenvalue weighted by atomic mass is 16.5. The van der Waals surface area contributed by atoms with Crippen LogP contribution in [0.15, 0.2) is 48.7 Å². The van der Waals surface area contributed by atoms with Gasteiger partial charge in [0.1, 0.15) is 5.82 Å². The predicted molar refractivity (Wildman–Crippen MR) is 125 cm³/mol. The molecule has 3 aromatic rings. The van der Waals surface area contributed by atoms with Gasteiger partial charge in [-0.15, -0.1) is 0 Å². The molecular formula is C25H31N5O2. The molecule has 32 heavy (non-hydrogen) atoms. The average Bonchev–Trinajstić information content (AvgIpc) is 3.06. The average molecular weight is 434 g/mol. The Morgan fingerprint density at radius 2 is 1.81 bits per heavy atom. The van der Waals surface area contributed by atoms with Gasteiger partial charge in [0.15, 0.2) is 0 Å². The van der Waals surface area contributed by atoms with Crippen molar-refractivity contribution >= 4 is 11.7 Å². The predicted octanol–water partition coefficient (Wildman–Crippen LogP) is 3.36. The largest absolute Gasteiger partial charge is 0.372 e. The van der Waals surface area contributed by atoms with E-state index in [0.717, 1.165) is 47.1 Å². The summed E-state index contributed by atoms with van der Waals surface area (Å²) in [6, 6.07) is 14.0. The molecule has 0 radical (unpaired) electrons. The molecule has 7 heteroatoms. The topological polar surface area (TPSA) is 72.3 Å². The molecule has 1 fully saturated rings. The van der Waals surface area contributed by atoms with E-state index >= 15 is 0 Å². The summed E-state index contributed by atoms with van der Waals surface area (Å²) in [5.74, 6) is 0.922. The van der Waals surface area contributed by atoms with E-state index in [1.54, 1.807) is 0 Å². The van der Waals surface area contributed by atoms with Crippen LogP contribution in [-0.4, -0.2) is 46.0 Å². The van der Waals surface area contributed by atoms with Crippen LogP contribution in [0.2, 0.25) is 0 Å². The normalized spacial score (nSPS) is 18.6. The second-order valence-electron chi connectivity index (χ2n) is 8.54. The lowest BCUT2D eigenvalue weighted by Crippen LogP contribution is -2.45. The number of carbonyl (C=O) groups excluding carboxylic acids is 1. The van der Waals surface area contributed by atoms with E-state index in [1.165, 1.54) is 0 Å². The van der Waals surface area contributed by atoms with Gasteiger partial charge >= 0.3 is 0 Å². The molecule has 2 unspecified atom stereocenters. The van der Waals surface area contributed by atoms with Crippen LogP contribution in [0.25, 0.3) is 5.69 Å².